The molecule has 0 bridgehead atoms. The summed E-state index contributed by atoms with van der Waals surface area (Å²) in [5, 5.41) is 14.8. The van der Waals surface area contributed by atoms with Crippen molar-refractivity contribution in [3.63, 3.8) is 0 Å². The van der Waals surface area contributed by atoms with Gasteiger partial charge in [0.05, 0.1) is 1.37 Å². The van der Waals surface area contributed by atoms with E-state index in [1.54, 1.807) is 0 Å². The van der Waals surface area contributed by atoms with E-state index in [1.807, 2.05) is 59.4 Å². The molecule has 0 spiro atoms. The number of hydrogen-bond acceptors (Lipinski definition) is 4. The molecule has 0 fully saturated rings. The molecule has 1 aliphatic heterocycles. The molecular formula is C44H58IrNO2S-. The van der Waals surface area contributed by atoms with Crippen LogP contribution in [0.1, 0.15) is 121 Å². The molecule has 0 saturated carbocycles. The number of fused-ring (bicyclic) bond motifs is 3. The minimum absolute atomic E-state index is 0. The van der Waals surface area contributed by atoms with Gasteiger partial charge < -0.3 is 5.11 Å². The van der Waals surface area contributed by atoms with Gasteiger partial charge in [-0.1, -0.05) is 124 Å². The Labute approximate surface area is 315 Å². The summed E-state index contributed by atoms with van der Waals surface area (Å²) < 4.78 is 8.44. The Morgan fingerprint density at radius 1 is 0.878 bits per heavy atom. The van der Waals surface area contributed by atoms with E-state index in [0.29, 0.717) is 6.17 Å². The average Bonchev–Trinajstić information content (AvgIpc) is 3.02. The molecule has 267 valence electrons. The van der Waals surface area contributed by atoms with Gasteiger partial charge in [0.2, 0.25) is 0 Å². The van der Waals surface area contributed by atoms with E-state index in [0.717, 1.165) is 60.6 Å². The number of hydrogen-bond donors (Lipinski definition) is 1. The second-order valence-corrected chi connectivity index (χ2v) is 17.7. The summed E-state index contributed by atoms with van der Waals surface area (Å²) in [6, 6.07) is 18.8. The summed E-state index contributed by atoms with van der Waals surface area (Å²) in [6.07, 6.45) is 7.07. The van der Waals surface area contributed by atoms with Crippen molar-refractivity contribution in [2.75, 3.05) is 0 Å². The predicted molar refractivity (Wildman–Crippen MR) is 207 cm³/mol. The summed E-state index contributed by atoms with van der Waals surface area (Å²) in [6.45, 7) is 25.8. The van der Waals surface area contributed by atoms with E-state index >= 15 is 0 Å². The molecule has 2 heterocycles. The van der Waals surface area contributed by atoms with Crippen molar-refractivity contribution in [1.82, 2.24) is 4.98 Å². The fraction of sp³-hybridized carbons (Fsp3) is 0.500. The first-order chi connectivity index (χ1) is 22.8. The van der Waals surface area contributed by atoms with Gasteiger partial charge in [0.1, 0.15) is 5.76 Å². The van der Waals surface area contributed by atoms with Gasteiger partial charge in [0, 0.05) is 53.8 Å². The van der Waals surface area contributed by atoms with Gasteiger partial charge in [-0.3, -0.25) is 9.78 Å². The molecule has 0 unspecified atom stereocenters. The fourth-order valence-corrected chi connectivity index (χ4v) is 7.66. The molecule has 1 aromatic heterocycles. The normalized spacial score (nSPS) is 13.7. The number of benzene rings is 3. The minimum atomic E-state index is -0.337. The van der Waals surface area contributed by atoms with Crippen LogP contribution in [-0.2, 0) is 37.7 Å². The van der Waals surface area contributed by atoms with Gasteiger partial charge in [-0.25, -0.2) is 0 Å². The number of aliphatic hydroxyl groups excluding tert-OH is 1. The van der Waals surface area contributed by atoms with E-state index < -0.39 is 0 Å². The number of carbonyl (C=O) groups excluding carboxylic acids is 1. The zero-order chi connectivity index (χ0) is 36.5. The van der Waals surface area contributed by atoms with E-state index in [-0.39, 0.29) is 53.3 Å². The molecule has 1 N–H and O–H groups in total. The smallest absolute Gasteiger partial charge is 0.164 e. The van der Waals surface area contributed by atoms with Crippen LogP contribution in [0.5, 0.6) is 0 Å². The van der Waals surface area contributed by atoms with Crippen LogP contribution in [-0.4, -0.2) is 15.9 Å². The number of allylic oxidation sites excluding steroid dienone is 2. The Bertz CT molecular complexity index is 1870. The predicted octanol–water partition coefficient (Wildman–Crippen LogP) is 13.1. The molecule has 49 heavy (non-hydrogen) atoms. The van der Waals surface area contributed by atoms with E-state index in [4.69, 9.17) is 6.35 Å². The van der Waals surface area contributed by atoms with E-state index in [9.17, 15) is 9.90 Å². The Kier molecular flexibility index (Phi) is 12.7. The van der Waals surface area contributed by atoms with Crippen LogP contribution in [0.25, 0.3) is 32.8 Å². The Hall–Kier alpha value is -2.46. The van der Waals surface area contributed by atoms with Gasteiger partial charge in [-0.05, 0) is 82.7 Å². The molecular weight excluding hydrogens is 799 g/mol. The van der Waals surface area contributed by atoms with E-state index in [2.05, 4.69) is 84.0 Å². The average molecular weight is 858 g/mol. The number of rotatable bonds is 9. The molecule has 5 heteroatoms. The zero-order valence-corrected chi connectivity index (χ0v) is 35.1. The first kappa shape index (κ1) is 39.3. The summed E-state index contributed by atoms with van der Waals surface area (Å²) in [7, 11) is 0. The second-order valence-electron chi connectivity index (χ2n) is 16.7. The summed E-state index contributed by atoms with van der Waals surface area (Å²) >= 11 is 1.87. The molecule has 0 saturated heterocycles. The molecule has 0 amide bonds. The third-order valence-corrected chi connectivity index (χ3v) is 11.5. The number of aliphatic hydroxyl groups is 1. The number of nitrogens with zero attached hydrogens (tertiary/aromatic N) is 1. The molecule has 0 atom stereocenters. The minimum Gasteiger partial charge on any atom is -0.512 e. The number of carbonyl (C=O) groups is 1. The van der Waals surface area contributed by atoms with Gasteiger partial charge in [0.25, 0.3) is 0 Å². The molecule has 0 aliphatic carbocycles. The first-order valence-corrected chi connectivity index (χ1v) is 18.6. The van der Waals surface area contributed by atoms with Crippen molar-refractivity contribution >= 4 is 39.1 Å². The Morgan fingerprint density at radius 3 is 2.04 bits per heavy atom. The molecule has 3 aromatic carbocycles. The number of ketones is 1. The van der Waals surface area contributed by atoms with Gasteiger partial charge in [-0.2, -0.15) is 0 Å². The van der Waals surface area contributed by atoms with Crippen molar-refractivity contribution in [2.45, 2.75) is 131 Å². The molecule has 5 rings (SSSR count). The van der Waals surface area contributed by atoms with Crippen LogP contribution in [0.4, 0.5) is 0 Å². The zero-order valence-electron chi connectivity index (χ0n) is 32.9. The van der Waals surface area contributed by atoms with Crippen molar-refractivity contribution in [3.8, 4) is 11.3 Å². The quantitative estimate of drug-likeness (QED) is 0.0911. The summed E-state index contributed by atoms with van der Waals surface area (Å²) in [5.41, 5.74) is 4.45. The second kappa shape index (κ2) is 15.8. The van der Waals surface area contributed by atoms with Crippen LogP contribution in [0.3, 0.4) is 0 Å². The van der Waals surface area contributed by atoms with Crippen molar-refractivity contribution in [2.24, 2.45) is 21.7 Å². The van der Waals surface area contributed by atoms with Gasteiger partial charge >= 0.3 is 0 Å². The van der Waals surface area contributed by atoms with Crippen LogP contribution < -0.4 is 0 Å². The molecule has 4 aromatic rings. The van der Waals surface area contributed by atoms with Crippen molar-refractivity contribution in [3.05, 3.63) is 77.7 Å². The van der Waals surface area contributed by atoms with Crippen LogP contribution in [0.15, 0.2) is 70.3 Å². The van der Waals surface area contributed by atoms with Crippen LogP contribution in [0.2, 0.25) is 0 Å². The SMILES string of the molecule is CCC(C)(CC)C(=O)/C=C(\O)C(C)(CC)CC.[2H]c1cc2cc(CC(C)(C)C)cc3c2c(n1)-c1[c-]c2ccccc2c(CC(C)(C)C)c1S3.[Ir]. The third-order valence-electron chi connectivity index (χ3n) is 10.3. The largest absolute Gasteiger partial charge is 0.512 e. The summed E-state index contributed by atoms with van der Waals surface area (Å²) in [4.78, 5) is 19.4. The van der Waals surface area contributed by atoms with Crippen LogP contribution >= 0.6 is 11.8 Å². The van der Waals surface area contributed by atoms with Crippen molar-refractivity contribution in [1.29, 1.82) is 0 Å². The van der Waals surface area contributed by atoms with Gasteiger partial charge in [0.15, 0.2) is 5.78 Å². The molecule has 3 nitrogen and oxygen atoms in total. The maximum Gasteiger partial charge on any atom is 0.164 e. The molecule has 1 aliphatic rings. The Morgan fingerprint density at radius 2 is 1.47 bits per heavy atom. The number of pyridine rings is 1. The van der Waals surface area contributed by atoms with Gasteiger partial charge in [-0.15, -0.1) is 29.3 Å². The first-order valence-electron chi connectivity index (χ1n) is 18.3. The third kappa shape index (κ3) is 9.26. The van der Waals surface area contributed by atoms with Crippen molar-refractivity contribution < 1.29 is 31.4 Å². The topological polar surface area (TPSA) is 50.2 Å². The molecule has 1 radical (unpaired) electrons. The number of aromatic nitrogens is 1. The van der Waals surface area contributed by atoms with E-state index in [1.165, 1.54) is 37.8 Å². The monoisotopic (exact) mass is 858 g/mol. The maximum atomic E-state index is 12.2. The standard InChI is InChI=1S/C29H30NS.C15H28O2.Ir/c1-28(2,3)16-18-13-20-11-12-30-26-22-15-19-9-7-8-10-21(19)23(17-29(4,5)6)27(22)31-24(14-18)25(20)26;1-7-14(5,8-2)12(16)11-13(17)15(6,9-3)10-4;/h7-14H,16-17H2,1-6H3;11,16H,7-10H2,1-6H3;/q-1;;/b;12-11-;/i12D;;. The Balaban J connectivity index is 0.000000323. The fourth-order valence-electron chi connectivity index (χ4n) is 6.36. The maximum absolute atomic E-state index is 12.2. The summed E-state index contributed by atoms with van der Waals surface area (Å²) in [5.74, 6) is 0.286. The van der Waals surface area contributed by atoms with Crippen LogP contribution in [0, 0.1) is 27.7 Å².